The molecule has 5 rings (SSSR count). The molecule has 0 bridgehead atoms. The summed E-state index contributed by atoms with van der Waals surface area (Å²) in [5.41, 5.74) is 0.885. The predicted molar refractivity (Wildman–Crippen MR) is 127 cm³/mol. The van der Waals surface area contributed by atoms with E-state index in [0.717, 1.165) is 28.4 Å². The Morgan fingerprint density at radius 2 is 1.58 bits per heavy atom. The zero-order valence-electron chi connectivity index (χ0n) is 16.6. The fraction of sp³-hybridized carbons (Fsp3) is 0. The summed E-state index contributed by atoms with van der Waals surface area (Å²) in [6, 6.07) is 18.5. The van der Waals surface area contributed by atoms with Gasteiger partial charge in [-0.3, -0.25) is 4.72 Å². The molecule has 0 saturated heterocycles. The molecular weight excluding hydrogens is 486 g/mol. The zero-order valence-corrected chi connectivity index (χ0v) is 19.1. The first-order chi connectivity index (χ1) is 15.8. The van der Waals surface area contributed by atoms with E-state index in [4.69, 9.17) is 0 Å². The number of thiazole rings is 1. The van der Waals surface area contributed by atoms with Gasteiger partial charge in [-0.15, -0.1) is 11.3 Å². The van der Waals surface area contributed by atoms with E-state index in [-0.39, 0.29) is 11.4 Å². The third-order valence-corrected chi connectivity index (χ3v) is 8.43. The lowest BCUT2D eigenvalue weighted by atomic mass is 10.1. The molecule has 1 heterocycles. The number of aromatic nitrogens is 1. The summed E-state index contributed by atoms with van der Waals surface area (Å²) >= 11 is 2.60. The molecule has 1 aromatic heterocycles. The number of anilines is 1. The van der Waals surface area contributed by atoms with Crippen LogP contribution in [0.25, 0.3) is 21.0 Å². The third kappa shape index (κ3) is 4.01. The van der Waals surface area contributed by atoms with E-state index in [1.54, 1.807) is 24.3 Å². The summed E-state index contributed by atoms with van der Waals surface area (Å²) in [5, 5.41) is 11.6. The number of phenols is 1. The maximum absolute atomic E-state index is 14.2. The maximum Gasteiger partial charge on any atom is 0.267 e. The Hall–Kier alpha value is -3.21. The van der Waals surface area contributed by atoms with E-state index >= 15 is 0 Å². The molecule has 0 radical (unpaired) electrons. The first-order valence-electron chi connectivity index (χ1n) is 9.58. The van der Waals surface area contributed by atoms with E-state index in [1.165, 1.54) is 29.2 Å². The Bertz CT molecular complexity index is 1580. The van der Waals surface area contributed by atoms with Gasteiger partial charge in [0.25, 0.3) is 10.0 Å². The number of aromatic hydroxyl groups is 1. The molecule has 0 aliphatic heterocycles. The van der Waals surface area contributed by atoms with Crippen molar-refractivity contribution in [2.24, 2.45) is 0 Å². The molecule has 2 N–H and O–H groups in total. The third-order valence-electron chi connectivity index (χ3n) is 4.88. The van der Waals surface area contributed by atoms with Gasteiger partial charge in [0.1, 0.15) is 17.4 Å². The Morgan fingerprint density at radius 1 is 0.909 bits per heavy atom. The van der Waals surface area contributed by atoms with Gasteiger partial charge in [-0.1, -0.05) is 54.2 Å². The minimum Gasteiger partial charge on any atom is -0.506 e. The summed E-state index contributed by atoms with van der Waals surface area (Å²) in [5.74, 6) is -2.45. The number of nitrogens with one attached hydrogen (secondary N) is 1. The summed E-state index contributed by atoms with van der Waals surface area (Å²) in [4.78, 5) is 3.82. The number of rotatable bonds is 5. The fourth-order valence-electron chi connectivity index (χ4n) is 3.42. The van der Waals surface area contributed by atoms with Crippen molar-refractivity contribution in [1.82, 2.24) is 4.98 Å². The number of nitrogens with zero attached hydrogens (tertiary/aromatic N) is 1. The van der Waals surface area contributed by atoms with E-state index < -0.39 is 26.6 Å². The highest BCUT2D eigenvalue weighted by atomic mass is 32.2. The number of hydrogen-bond donors (Lipinski definition) is 2. The van der Waals surface area contributed by atoms with Crippen molar-refractivity contribution >= 4 is 59.8 Å². The van der Waals surface area contributed by atoms with Crippen LogP contribution in [0.4, 0.5) is 14.5 Å². The molecule has 0 spiro atoms. The molecule has 5 nitrogen and oxygen atoms in total. The van der Waals surface area contributed by atoms with Crippen molar-refractivity contribution in [2.75, 3.05) is 4.72 Å². The Labute approximate surface area is 195 Å². The molecule has 33 heavy (non-hydrogen) atoms. The van der Waals surface area contributed by atoms with Gasteiger partial charge in [0.05, 0.1) is 20.8 Å². The zero-order chi connectivity index (χ0) is 23.2. The standard InChI is InChI=1S/C23H14F2N2O3S3/c24-15-8-5-9-16(25)22(15)33(29,30)27-18-12-20(21(28)14-7-2-1-6-13(14)18)32-23-26-17-10-3-4-11-19(17)31-23/h1-12,27-28H. The molecule has 4 aromatic carbocycles. The molecule has 0 saturated carbocycles. The van der Waals surface area contributed by atoms with Gasteiger partial charge in [-0.05, 0) is 30.3 Å². The molecule has 10 heteroatoms. The molecule has 0 aliphatic carbocycles. The van der Waals surface area contributed by atoms with Crippen LogP contribution < -0.4 is 4.72 Å². The van der Waals surface area contributed by atoms with Crippen molar-refractivity contribution in [3.05, 3.63) is 84.4 Å². The van der Waals surface area contributed by atoms with Crippen molar-refractivity contribution < 1.29 is 22.3 Å². The van der Waals surface area contributed by atoms with Crippen LogP contribution in [-0.4, -0.2) is 18.5 Å². The number of halogens is 2. The van der Waals surface area contributed by atoms with Crippen LogP contribution >= 0.6 is 23.1 Å². The van der Waals surface area contributed by atoms with Gasteiger partial charge in [0.15, 0.2) is 9.24 Å². The van der Waals surface area contributed by atoms with Gasteiger partial charge in [0, 0.05) is 10.8 Å². The van der Waals surface area contributed by atoms with Crippen LogP contribution in [0.2, 0.25) is 0 Å². The first-order valence-corrected chi connectivity index (χ1v) is 12.7. The minimum atomic E-state index is -4.59. The molecule has 0 atom stereocenters. The lowest BCUT2D eigenvalue weighted by Gasteiger charge is -2.15. The van der Waals surface area contributed by atoms with Gasteiger partial charge < -0.3 is 5.11 Å². The Kier molecular flexibility index (Phi) is 5.43. The van der Waals surface area contributed by atoms with Crippen LogP contribution in [0.15, 0.2) is 86.9 Å². The lowest BCUT2D eigenvalue weighted by Crippen LogP contribution is -2.16. The highest BCUT2D eigenvalue weighted by Gasteiger charge is 2.25. The monoisotopic (exact) mass is 500 g/mol. The minimum absolute atomic E-state index is 0.0464. The van der Waals surface area contributed by atoms with E-state index in [1.807, 2.05) is 24.3 Å². The fourth-order valence-corrected chi connectivity index (χ4v) is 6.75. The van der Waals surface area contributed by atoms with Crippen LogP contribution in [0.3, 0.4) is 0 Å². The van der Waals surface area contributed by atoms with Crippen molar-refractivity contribution in [3.63, 3.8) is 0 Å². The molecule has 166 valence electrons. The highest BCUT2D eigenvalue weighted by molar-refractivity contribution is 8.01. The Morgan fingerprint density at radius 3 is 2.30 bits per heavy atom. The summed E-state index contributed by atoms with van der Waals surface area (Å²) in [7, 11) is -4.59. The van der Waals surface area contributed by atoms with E-state index in [2.05, 4.69) is 9.71 Å². The number of phenolic OH excluding ortho intramolecular Hbond substituents is 1. The average molecular weight is 501 g/mol. The van der Waals surface area contributed by atoms with Gasteiger partial charge in [0.2, 0.25) is 0 Å². The number of fused-ring (bicyclic) bond motifs is 2. The van der Waals surface area contributed by atoms with E-state index in [9.17, 15) is 22.3 Å². The number of sulfonamides is 1. The summed E-state index contributed by atoms with van der Waals surface area (Å²) in [6.07, 6.45) is 0. The lowest BCUT2D eigenvalue weighted by molar-refractivity contribution is 0.469. The second-order valence-corrected chi connectivity index (χ2v) is 11.0. The quantitative estimate of drug-likeness (QED) is 0.274. The molecule has 0 aliphatic rings. The van der Waals surface area contributed by atoms with Crippen LogP contribution in [0.1, 0.15) is 0 Å². The van der Waals surface area contributed by atoms with Gasteiger partial charge in [-0.25, -0.2) is 22.2 Å². The molecule has 0 fully saturated rings. The van der Waals surface area contributed by atoms with Crippen molar-refractivity contribution in [2.45, 2.75) is 14.1 Å². The van der Waals surface area contributed by atoms with Crippen molar-refractivity contribution in [3.8, 4) is 5.75 Å². The average Bonchev–Trinajstić information content (AvgIpc) is 3.19. The van der Waals surface area contributed by atoms with Gasteiger partial charge in [-0.2, -0.15) is 0 Å². The van der Waals surface area contributed by atoms with E-state index in [0.29, 0.717) is 20.0 Å². The van der Waals surface area contributed by atoms with Crippen LogP contribution in [0.5, 0.6) is 5.75 Å². The summed E-state index contributed by atoms with van der Waals surface area (Å²) < 4.78 is 58.1. The second-order valence-electron chi connectivity index (χ2n) is 7.02. The predicted octanol–water partition coefficient (Wildman–Crippen LogP) is 6.39. The molecule has 0 amide bonds. The Balaban J connectivity index is 1.62. The smallest absolute Gasteiger partial charge is 0.267 e. The van der Waals surface area contributed by atoms with Crippen LogP contribution in [-0.2, 0) is 10.0 Å². The SMILES string of the molecule is O=S(=O)(Nc1cc(Sc2nc3ccccc3s2)c(O)c2ccccc12)c1c(F)cccc1F. The van der Waals surface area contributed by atoms with Crippen molar-refractivity contribution in [1.29, 1.82) is 0 Å². The van der Waals surface area contributed by atoms with Crippen LogP contribution in [0, 0.1) is 11.6 Å². The second kappa shape index (κ2) is 8.29. The maximum atomic E-state index is 14.2. The molecular formula is C23H14F2N2O3S3. The summed E-state index contributed by atoms with van der Waals surface area (Å²) in [6.45, 7) is 0. The number of benzene rings is 4. The topological polar surface area (TPSA) is 79.3 Å². The number of hydrogen-bond acceptors (Lipinski definition) is 6. The number of para-hydroxylation sites is 1. The normalized spacial score (nSPS) is 11.8. The molecule has 5 aromatic rings. The van der Waals surface area contributed by atoms with Gasteiger partial charge >= 0.3 is 0 Å². The highest BCUT2D eigenvalue weighted by Crippen LogP contribution is 2.44. The molecule has 0 unspecified atom stereocenters. The largest absolute Gasteiger partial charge is 0.506 e. The first kappa shape index (κ1) is 21.6.